The van der Waals surface area contributed by atoms with E-state index in [1.807, 2.05) is 6.92 Å². The lowest BCUT2D eigenvalue weighted by Crippen LogP contribution is -2.36. The summed E-state index contributed by atoms with van der Waals surface area (Å²) in [6.07, 6.45) is 5.96. The average Bonchev–Trinajstić information content (AvgIpc) is 2.74. The molecule has 1 saturated carbocycles. The fourth-order valence-electron chi connectivity index (χ4n) is 2.30. The van der Waals surface area contributed by atoms with Crippen LogP contribution in [0.15, 0.2) is 0 Å². The minimum absolute atomic E-state index is 0.387. The van der Waals surface area contributed by atoms with Gasteiger partial charge in [-0.2, -0.15) is 0 Å². The van der Waals surface area contributed by atoms with Crippen molar-refractivity contribution in [2.45, 2.75) is 50.7 Å². The molecular weight excluding hydrogens is 150 g/mol. The highest BCUT2D eigenvalue weighted by molar-refractivity contribution is 4.94. The first-order valence-electron chi connectivity index (χ1n) is 5.14. The summed E-state index contributed by atoms with van der Waals surface area (Å²) in [4.78, 5) is 0. The Balaban J connectivity index is 1.83. The first-order chi connectivity index (χ1) is 5.68. The SMILES string of the molecule is CC(O)(CC1CCCN1)C1CC1. The lowest BCUT2D eigenvalue weighted by Gasteiger charge is -2.26. The molecule has 2 aliphatic rings. The van der Waals surface area contributed by atoms with Gasteiger partial charge in [-0.3, -0.25) is 0 Å². The Labute approximate surface area is 74.4 Å². The third-order valence-corrected chi connectivity index (χ3v) is 3.28. The second kappa shape index (κ2) is 3.00. The van der Waals surface area contributed by atoms with Crippen LogP contribution in [0.5, 0.6) is 0 Å². The number of hydrogen-bond donors (Lipinski definition) is 2. The zero-order chi connectivity index (χ0) is 8.60. The largest absolute Gasteiger partial charge is 0.390 e. The smallest absolute Gasteiger partial charge is 0.0662 e. The summed E-state index contributed by atoms with van der Waals surface area (Å²) in [6.45, 7) is 3.15. The molecule has 1 saturated heterocycles. The number of nitrogens with one attached hydrogen (secondary N) is 1. The standard InChI is InChI=1S/C10H19NO/c1-10(12,8-4-5-8)7-9-3-2-6-11-9/h8-9,11-12H,2-7H2,1H3. The molecule has 0 spiro atoms. The molecule has 0 bridgehead atoms. The molecule has 0 amide bonds. The molecule has 12 heavy (non-hydrogen) atoms. The van der Waals surface area contributed by atoms with Gasteiger partial charge in [0.15, 0.2) is 0 Å². The van der Waals surface area contributed by atoms with E-state index in [4.69, 9.17) is 0 Å². The van der Waals surface area contributed by atoms with Crippen molar-refractivity contribution in [3.8, 4) is 0 Å². The summed E-state index contributed by atoms with van der Waals surface area (Å²) in [5, 5.41) is 13.5. The normalized spacial score (nSPS) is 35.0. The summed E-state index contributed by atoms with van der Waals surface area (Å²) in [6, 6.07) is 0.584. The quantitative estimate of drug-likeness (QED) is 0.667. The Kier molecular flexibility index (Phi) is 2.13. The van der Waals surface area contributed by atoms with Crippen LogP contribution in [0.25, 0.3) is 0 Å². The van der Waals surface area contributed by atoms with Crippen molar-refractivity contribution in [2.24, 2.45) is 5.92 Å². The Hall–Kier alpha value is -0.0800. The predicted molar refractivity (Wildman–Crippen MR) is 49.0 cm³/mol. The van der Waals surface area contributed by atoms with E-state index in [9.17, 15) is 5.11 Å². The molecule has 2 unspecified atom stereocenters. The molecule has 2 nitrogen and oxygen atoms in total. The molecule has 2 heteroatoms. The first kappa shape index (κ1) is 8.52. The van der Waals surface area contributed by atoms with Crippen LogP contribution in [0, 0.1) is 5.92 Å². The van der Waals surface area contributed by atoms with Crippen molar-refractivity contribution >= 4 is 0 Å². The van der Waals surface area contributed by atoms with Gasteiger partial charge in [-0.05, 0) is 51.5 Å². The van der Waals surface area contributed by atoms with Gasteiger partial charge >= 0.3 is 0 Å². The Bertz CT molecular complexity index is 157. The van der Waals surface area contributed by atoms with Crippen molar-refractivity contribution in [2.75, 3.05) is 6.54 Å². The molecule has 0 aromatic rings. The molecule has 0 aromatic carbocycles. The van der Waals surface area contributed by atoms with Crippen molar-refractivity contribution in [3.63, 3.8) is 0 Å². The van der Waals surface area contributed by atoms with Crippen LogP contribution in [0.2, 0.25) is 0 Å². The maximum atomic E-state index is 10.1. The van der Waals surface area contributed by atoms with Crippen LogP contribution in [0.1, 0.15) is 39.0 Å². The van der Waals surface area contributed by atoms with Crippen molar-refractivity contribution in [1.82, 2.24) is 5.32 Å². The minimum Gasteiger partial charge on any atom is -0.390 e. The Morgan fingerprint density at radius 2 is 2.17 bits per heavy atom. The second-order valence-electron chi connectivity index (χ2n) is 4.63. The highest BCUT2D eigenvalue weighted by Crippen LogP contribution is 2.42. The van der Waals surface area contributed by atoms with Gasteiger partial charge in [0.05, 0.1) is 5.60 Å². The Morgan fingerprint density at radius 3 is 2.67 bits per heavy atom. The molecule has 1 aliphatic heterocycles. The molecule has 2 fully saturated rings. The molecule has 0 aromatic heterocycles. The van der Waals surface area contributed by atoms with E-state index in [-0.39, 0.29) is 5.60 Å². The van der Waals surface area contributed by atoms with E-state index in [1.165, 1.54) is 25.7 Å². The van der Waals surface area contributed by atoms with Crippen molar-refractivity contribution in [3.05, 3.63) is 0 Å². The molecule has 2 N–H and O–H groups in total. The fraction of sp³-hybridized carbons (Fsp3) is 1.00. The zero-order valence-corrected chi connectivity index (χ0v) is 7.84. The maximum Gasteiger partial charge on any atom is 0.0662 e. The molecule has 70 valence electrons. The fourth-order valence-corrected chi connectivity index (χ4v) is 2.30. The van der Waals surface area contributed by atoms with E-state index in [2.05, 4.69) is 5.32 Å². The van der Waals surface area contributed by atoms with Gasteiger partial charge in [-0.15, -0.1) is 0 Å². The summed E-state index contributed by atoms with van der Waals surface area (Å²) >= 11 is 0. The maximum absolute atomic E-state index is 10.1. The lowest BCUT2D eigenvalue weighted by molar-refractivity contribution is 0.0198. The van der Waals surface area contributed by atoms with Crippen LogP contribution < -0.4 is 5.32 Å². The van der Waals surface area contributed by atoms with Gasteiger partial charge in [0, 0.05) is 6.04 Å². The number of rotatable bonds is 3. The molecule has 1 heterocycles. The summed E-state index contributed by atoms with van der Waals surface area (Å²) in [5.74, 6) is 0.597. The summed E-state index contributed by atoms with van der Waals surface area (Å²) in [5.41, 5.74) is -0.387. The lowest BCUT2D eigenvalue weighted by atomic mass is 9.91. The molecule has 2 rings (SSSR count). The highest BCUT2D eigenvalue weighted by atomic mass is 16.3. The van der Waals surface area contributed by atoms with Crippen LogP contribution in [0.3, 0.4) is 0 Å². The van der Waals surface area contributed by atoms with E-state index in [0.717, 1.165) is 13.0 Å². The molecule has 0 radical (unpaired) electrons. The third-order valence-electron chi connectivity index (χ3n) is 3.28. The minimum atomic E-state index is -0.387. The number of hydrogen-bond acceptors (Lipinski definition) is 2. The third kappa shape index (κ3) is 1.80. The monoisotopic (exact) mass is 169 g/mol. The molecule has 2 atom stereocenters. The van der Waals surface area contributed by atoms with Crippen LogP contribution in [-0.2, 0) is 0 Å². The van der Waals surface area contributed by atoms with Crippen LogP contribution in [-0.4, -0.2) is 23.3 Å². The number of aliphatic hydroxyl groups is 1. The van der Waals surface area contributed by atoms with Crippen molar-refractivity contribution in [1.29, 1.82) is 0 Å². The van der Waals surface area contributed by atoms with E-state index in [1.54, 1.807) is 0 Å². The molecular formula is C10H19NO. The van der Waals surface area contributed by atoms with E-state index in [0.29, 0.717) is 12.0 Å². The second-order valence-corrected chi connectivity index (χ2v) is 4.63. The van der Waals surface area contributed by atoms with Crippen LogP contribution in [0.4, 0.5) is 0 Å². The van der Waals surface area contributed by atoms with Gasteiger partial charge in [0.2, 0.25) is 0 Å². The van der Waals surface area contributed by atoms with Crippen molar-refractivity contribution < 1.29 is 5.11 Å². The van der Waals surface area contributed by atoms with Gasteiger partial charge in [0.1, 0.15) is 0 Å². The van der Waals surface area contributed by atoms with Gasteiger partial charge in [0.25, 0.3) is 0 Å². The van der Waals surface area contributed by atoms with E-state index >= 15 is 0 Å². The Morgan fingerprint density at radius 1 is 1.42 bits per heavy atom. The van der Waals surface area contributed by atoms with Crippen LogP contribution >= 0.6 is 0 Å². The predicted octanol–water partition coefficient (Wildman–Crippen LogP) is 1.29. The summed E-state index contributed by atoms with van der Waals surface area (Å²) < 4.78 is 0. The summed E-state index contributed by atoms with van der Waals surface area (Å²) in [7, 11) is 0. The molecule has 1 aliphatic carbocycles. The highest BCUT2D eigenvalue weighted by Gasteiger charge is 2.41. The van der Waals surface area contributed by atoms with Gasteiger partial charge < -0.3 is 10.4 Å². The van der Waals surface area contributed by atoms with Gasteiger partial charge in [-0.25, -0.2) is 0 Å². The first-order valence-corrected chi connectivity index (χ1v) is 5.14. The van der Waals surface area contributed by atoms with E-state index < -0.39 is 0 Å². The van der Waals surface area contributed by atoms with Gasteiger partial charge in [-0.1, -0.05) is 0 Å². The zero-order valence-electron chi connectivity index (χ0n) is 7.84. The average molecular weight is 169 g/mol. The topological polar surface area (TPSA) is 32.3 Å².